The summed E-state index contributed by atoms with van der Waals surface area (Å²) in [5.41, 5.74) is 0.111. The van der Waals surface area contributed by atoms with Crippen molar-refractivity contribution in [2.24, 2.45) is 5.41 Å². The maximum absolute atomic E-state index is 13.1. The second-order valence-electron chi connectivity index (χ2n) is 7.09. The first kappa shape index (κ1) is 18.7. The Morgan fingerprint density at radius 3 is 2.23 bits per heavy atom. The lowest BCUT2D eigenvalue weighted by Crippen LogP contribution is -2.57. The Morgan fingerprint density at radius 1 is 1.08 bits per heavy atom. The van der Waals surface area contributed by atoms with Crippen LogP contribution >= 0.6 is 0 Å². The molecule has 7 heteroatoms. The number of ether oxygens (including phenoxy) is 1. The summed E-state index contributed by atoms with van der Waals surface area (Å²) in [6.45, 7) is 4.23. The van der Waals surface area contributed by atoms with E-state index >= 15 is 0 Å². The smallest absolute Gasteiger partial charge is 0.253 e. The topological polar surface area (TPSA) is 82.1 Å². The number of piperazine rings is 1. The van der Waals surface area contributed by atoms with E-state index in [1.165, 1.54) is 12.1 Å². The number of phenols is 1. The van der Waals surface area contributed by atoms with Crippen molar-refractivity contribution in [3.05, 3.63) is 29.8 Å². The van der Waals surface area contributed by atoms with Gasteiger partial charge in [-0.3, -0.25) is 9.59 Å². The Hall–Kier alpha value is -2.12. The monoisotopic (exact) mass is 361 g/mol. The summed E-state index contributed by atoms with van der Waals surface area (Å²) in [4.78, 5) is 29.3. The summed E-state index contributed by atoms with van der Waals surface area (Å²) in [6, 6.07) is 6.27. The number of carbonyl (C=O) groups excluding carboxylic acids is 2. The predicted molar refractivity (Wildman–Crippen MR) is 97.0 cm³/mol. The van der Waals surface area contributed by atoms with Gasteiger partial charge in [0.05, 0.1) is 12.0 Å². The highest BCUT2D eigenvalue weighted by Crippen LogP contribution is 2.32. The van der Waals surface area contributed by atoms with E-state index in [9.17, 15) is 14.7 Å². The first-order valence-corrected chi connectivity index (χ1v) is 9.13. The van der Waals surface area contributed by atoms with Gasteiger partial charge < -0.3 is 25.0 Å². The van der Waals surface area contributed by atoms with Crippen molar-refractivity contribution in [2.45, 2.75) is 12.8 Å². The minimum atomic E-state index is -0.441. The molecule has 2 aliphatic heterocycles. The van der Waals surface area contributed by atoms with Crippen molar-refractivity contribution in [1.29, 1.82) is 0 Å². The Bertz CT molecular complexity index is 627. The van der Waals surface area contributed by atoms with Gasteiger partial charge >= 0.3 is 0 Å². The molecule has 26 heavy (non-hydrogen) atoms. The summed E-state index contributed by atoms with van der Waals surface area (Å²) in [6.07, 6.45) is 1.57. The van der Waals surface area contributed by atoms with Crippen LogP contribution in [0.5, 0.6) is 5.75 Å². The van der Waals surface area contributed by atoms with Crippen LogP contribution < -0.4 is 5.32 Å². The maximum Gasteiger partial charge on any atom is 0.253 e. The SMILES string of the molecule is COCC1(C(=O)N2CCN(C(=O)c3ccc(O)cc3)CC2)CCNCC1. The Balaban J connectivity index is 1.61. The van der Waals surface area contributed by atoms with E-state index < -0.39 is 5.41 Å². The molecule has 0 unspecified atom stereocenters. The molecule has 142 valence electrons. The summed E-state index contributed by atoms with van der Waals surface area (Å²) < 4.78 is 5.36. The number of hydrogen-bond acceptors (Lipinski definition) is 5. The van der Waals surface area contributed by atoms with Crippen LogP contribution in [0.25, 0.3) is 0 Å². The summed E-state index contributed by atoms with van der Waals surface area (Å²) in [7, 11) is 1.64. The van der Waals surface area contributed by atoms with Crippen molar-refractivity contribution >= 4 is 11.8 Å². The standard InChI is InChI=1S/C19H27N3O4/c1-26-14-19(6-8-20-9-7-19)18(25)22-12-10-21(11-13-22)17(24)15-2-4-16(23)5-3-15/h2-5,20,23H,6-14H2,1H3. The Labute approximate surface area is 153 Å². The quantitative estimate of drug-likeness (QED) is 0.825. The van der Waals surface area contributed by atoms with Crippen molar-refractivity contribution in [2.75, 3.05) is 53.0 Å². The third-order valence-corrected chi connectivity index (χ3v) is 5.40. The molecule has 0 atom stereocenters. The first-order chi connectivity index (χ1) is 12.6. The molecular weight excluding hydrogens is 334 g/mol. The van der Waals surface area contributed by atoms with Crippen LogP contribution in [0, 0.1) is 5.41 Å². The largest absolute Gasteiger partial charge is 0.508 e. The minimum Gasteiger partial charge on any atom is -0.508 e. The lowest BCUT2D eigenvalue weighted by atomic mass is 9.78. The number of hydrogen-bond donors (Lipinski definition) is 2. The Kier molecular flexibility index (Phi) is 5.78. The van der Waals surface area contributed by atoms with Crippen LogP contribution in [0.3, 0.4) is 0 Å². The van der Waals surface area contributed by atoms with Gasteiger partial charge in [0, 0.05) is 38.9 Å². The van der Waals surface area contributed by atoms with E-state index in [2.05, 4.69) is 5.32 Å². The zero-order chi connectivity index (χ0) is 18.6. The number of phenolic OH excluding ortho intramolecular Hbond substituents is 1. The molecule has 0 bridgehead atoms. The normalized spacial score (nSPS) is 20.0. The van der Waals surface area contributed by atoms with E-state index in [4.69, 9.17) is 4.74 Å². The number of benzene rings is 1. The highest BCUT2D eigenvalue weighted by Gasteiger charge is 2.43. The van der Waals surface area contributed by atoms with Crippen LogP contribution in [-0.4, -0.2) is 79.7 Å². The van der Waals surface area contributed by atoms with Crippen molar-refractivity contribution in [3.63, 3.8) is 0 Å². The number of methoxy groups -OCH3 is 1. The highest BCUT2D eigenvalue weighted by molar-refractivity contribution is 5.94. The third kappa shape index (κ3) is 3.83. The molecule has 2 N–H and O–H groups in total. The van der Waals surface area contributed by atoms with Crippen LogP contribution in [0.15, 0.2) is 24.3 Å². The van der Waals surface area contributed by atoms with E-state index in [1.54, 1.807) is 24.1 Å². The van der Waals surface area contributed by atoms with Gasteiger partial charge in [0.15, 0.2) is 0 Å². The van der Waals surface area contributed by atoms with Gasteiger partial charge in [0.2, 0.25) is 5.91 Å². The molecule has 2 amide bonds. The van der Waals surface area contributed by atoms with E-state index in [1.807, 2.05) is 4.90 Å². The molecule has 2 fully saturated rings. The molecule has 1 aromatic rings. The van der Waals surface area contributed by atoms with Crippen molar-refractivity contribution in [3.8, 4) is 5.75 Å². The van der Waals surface area contributed by atoms with Crippen LogP contribution in [-0.2, 0) is 9.53 Å². The van der Waals surface area contributed by atoms with Gasteiger partial charge in [-0.25, -0.2) is 0 Å². The molecular formula is C19H27N3O4. The van der Waals surface area contributed by atoms with Gasteiger partial charge in [-0.15, -0.1) is 0 Å². The molecule has 2 aliphatic rings. The minimum absolute atomic E-state index is 0.0643. The van der Waals surface area contributed by atoms with Crippen molar-refractivity contribution in [1.82, 2.24) is 15.1 Å². The molecule has 7 nitrogen and oxygen atoms in total. The number of amides is 2. The fraction of sp³-hybridized carbons (Fsp3) is 0.579. The summed E-state index contributed by atoms with van der Waals surface area (Å²) >= 11 is 0. The first-order valence-electron chi connectivity index (χ1n) is 9.13. The molecule has 2 heterocycles. The van der Waals surface area contributed by atoms with Gasteiger partial charge in [0.25, 0.3) is 5.91 Å². The lowest BCUT2D eigenvalue weighted by Gasteiger charge is -2.42. The third-order valence-electron chi connectivity index (χ3n) is 5.40. The van der Waals surface area contributed by atoms with Crippen LogP contribution in [0.4, 0.5) is 0 Å². The number of piperidine rings is 1. The van der Waals surface area contributed by atoms with Crippen LogP contribution in [0.1, 0.15) is 23.2 Å². The molecule has 0 radical (unpaired) electrons. The summed E-state index contributed by atoms with van der Waals surface area (Å²) in [5, 5.41) is 12.7. The summed E-state index contributed by atoms with van der Waals surface area (Å²) in [5.74, 6) is 0.227. The second kappa shape index (κ2) is 8.05. The average Bonchev–Trinajstić information content (AvgIpc) is 2.68. The number of nitrogens with one attached hydrogen (secondary N) is 1. The maximum atomic E-state index is 13.1. The molecule has 0 spiro atoms. The molecule has 0 saturated carbocycles. The predicted octanol–water partition coefficient (Wildman–Crippen LogP) is 0.693. The molecule has 0 aliphatic carbocycles. The second-order valence-corrected chi connectivity index (χ2v) is 7.09. The average molecular weight is 361 g/mol. The lowest BCUT2D eigenvalue weighted by molar-refractivity contribution is -0.149. The fourth-order valence-electron chi connectivity index (χ4n) is 3.84. The number of nitrogens with zero attached hydrogens (tertiary/aromatic N) is 2. The van der Waals surface area contributed by atoms with Gasteiger partial charge in [-0.2, -0.15) is 0 Å². The molecule has 2 saturated heterocycles. The number of carbonyl (C=O) groups is 2. The molecule has 0 aromatic heterocycles. The fourth-order valence-corrected chi connectivity index (χ4v) is 3.84. The van der Waals surface area contributed by atoms with E-state index in [-0.39, 0.29) is 17.6 Å². The number of aromatic hydroxyl groups is 1. The zero-order valence-corrected chi connectivity index (χ0v) is 15.2. The molecule has 3 rings (SSSR count). The van der Waals surface area contributed by atoms with Gasteiger partial charge in [0.1, 0.15) is 5.75 Å². The zero-order valence-electron chi connectivity index (χ0n) is 15.2. The van der Waals surface area contributed by atoms with Crippen LogP contribution in [0.2, 0.25) is 0 Å². The Morgan fingerprint density at radius 2 is 1.65 bits per heavy atom. The highest BCUT2D eigenvalue weighted by atomic mass is 16.5. The molecule has 1 aromatic carbocycles. The van der Waals surface area contributed by atoms with E-state index in [0.717, 1.165) is 25.9 Å². The van der Waals surface area contributed by atoms with Crippen molar-refractivity contribution < 1.29 is 19.4 Å². The number of rotatable bonds is 4. The van der Waals surface area contributed by atoms with E-state index in [0.29, 0.717) is 38.3 Å². The van der Waals surface area contributed by atoms with Gasteiger partial charge in [-0.05, 0) is 50.2 Å². The van der Waals surface area contributed by atoms with Gasteiger partial charge in [-0.1, -0.05) is 0 Å².